The maximum atomic E-state index is 12.4. The lowest BCUT2D eigenvalue weighted by Gasteiger charge is -2.14. The lowest BCUT2D eigenvalue weighted by molar-refractivity contribution is -0.121. The molecule has 0 bridgehead atoms. The van der Waals surface area contributed by atoms with Crippen molar-refractivity contribution in [2.45, 2.75) is 64.8 Å². The second kappa shape index (κ2) is 9.65. The molecule has 5 aromatic rings. The van der Waals surface area contributed by atoms with Crippen LogP contribution < -0.4 is 5.32 Å². The molecule has 35 heavy (non-hydrogen) atoms. The third-order valence-electron chi connectivity index (χ3n) is 6.91. The van der Waals surface area contributed by atoms with Gasteiger partial charge in [0.25, 0.3) is 0 Å². The fourth-order valence-electron chi connectivity index (χ4n) is 4.92. The SMILES string of the molecule is CC(C)(C)c1cn(CCCCNC(=O)CCCc2ccc3ccc4cccc5ccc2c3c45)nn1. The highest BCUT2D eigenvalue weighted by Crippen LogP contribution is 2.36. The normalized spacial score (nSPS) is 12.2. The first-order chi connectivity index (χ1) is 16.9. The summed E-state index contributed by atoms with van der Waals surface area (Å²) in [6.45, 7) is 7.95. The van der Waals surface area contributed by atoms with Crippen molar-refractivity contribution in [3.8, 4) is 0 Å². The predicted octanol–water partition coefficient (Wildman–Crippen LogP) is 6.39. The predicted molar refractivity (Wildman–Crippen MR) is 144 cm³/mol. The molecule has 1 aromatic heterocycles. The molecule has 5 heteroatoms. The molecule has 0 atom stereocenters. The molecule has 1 amide bonds. The Morgan fingerprint density at radius 2 is 1.60 bits per heavy atom. The number of nitrogens with zero attached hydrogens (tertiary/aromatic N) is 3. The lowest BCUT2D eigenvalue weighted by Crippen LogP contribution is -2.24. The van der Waals surface area contributed by atoms with Gasteiger partial charge in [-0.15, -0.1) is 5.10 Å². The Labute approximate surface area is 206 Å². The maximum absolute atomic E-state index is 12.4. The molecule has 0 aliphatic carbocycles. The number of aromatic nitrogens is 3. The van der Waals surface area contributed by atoms with Gasteiger partial charge in [-0.05, 0) is 63.6 Å². The summed E-state index contributed by atoms with van der Waals surface area (Å²) in [5.74, 6) is 0.137. The van der Waals surface area contributed by atoms with Gasteiger partial charge >= 0.3 is 0 Å². The molecule has 5 nitrogen and oxygen atoms in total. The zero-order valence-electron chi connectivity index (χ0n) is 21.0. The molecule has 0 radical (unpaired) electrons. The largest absolute Gasteiger partial charge is 0.356 e. The molecular weight excluding hydrogens is 432 g/mol. The fourth-order valence-corrected chi connectivity index (χ4v) is 4.92. The molecule has 1 N–H and O–H groups in total. The Morgan fingerprint density at radius 1 is 0.886 bits per heavy atom. The highest BCUT2D eigenvalue weighted by atomic mass is 16.1. The molecule has 0 aliphatic rings. The minimum atomic E-state index is 0.0177. The second-order valence-electron chi connectivity index (χ2n) is 10.6. The first-order valence-electron chi connectivity index (χ1n) is 12.7. The van der Waals surface area contributed by atoms with Crippen LogP contribution in [0.4, 0.5) is 0 Å². The summed E-state index contributed by atoms with van der Waals surface area (Å²) >= 11 is 0. The molecule has 0 aliphatic heterocycles. The first kappa shape index (κ1) is 23.3. The van der Waals surface area contributed by atoms with Crippen molar-refractivity contribution in [1.82, 2.24) is 20.3 Å². The van der Waals surface area contributed by atoms with Crippen molar-refractivity contribution in [3.63, 3.8) is 0 Å². The van der Waals surface area contributed by atoms with Gasteiger partial charge in [-0.25, -0.2) is 0 Å². The van der Waals surface area contributed by atoms with E-state index in [4.69, 9.17) is 0 Å². The van der Waals surface area contributed by atoms with Crippen molar-refractivity contribution in [1.29, 1.82) is 0 Å². The zero-order valence-corrected chi connectivity index (χ0v) is 21.0. The molecule has 180 valence electrons. The molecule has 0 spiro atoms. The quantitative estimate of drug-likeness (QED) is 0.202. The first-order valence-corrected chi connectivity index (χ1v) is 12.7. The van der Waals surface area contributed by atoms with E-state index in [2.05, 4.69) is 91.0 Å². The van der Waals surface area contributed by atoms with Crippen LogP contribution in [0.2, 0.25) is 0 Å². The summed E-state index contributed by atoms with van der Waals surface area (Å²) in [7, 11) is 0. The Morgan fingerprint density at radius 3 is 2.34 bits per heavy atom. The third-order valence-corrected chi connectivity index (χ3v) is 6.91. The number of carbonyl (C=O) groups is 1. The van der Waals surface area contributed by atoms with Crippen LogP contribution in [0.3, 0.4) is 0 Å². The number of amides is 1. The number of aryl methyl sites for hydroxylation is 2. The molecule has 0 unspecified atom stereocenters. The molecule has 1 heterocycles. The summed E-state index contributed by atoms with van der Waals surface area (Å²) in [5.41, 5.74) is 2.35. The van der Waals surface area contributed by atoms with Gasteiger partial charge < -0.3 is 5.32 Å². The van der Waals surface area contributed by atoms with Gasteiger partial charge in [0.15, 0.2) is 0 Å². The number of benzene rings is 4. The smallest absolute Gasteiger partial charge is 0.220 e. The third kappa shape index (κ3) is 5.00. The van der Waals surface area contributed by atoms with Gasteiger partial charge in [0.05, 0.1) is 5.69 Å². The van der Waals surface area contributed by atoms with Crippen LogP contribution >= 0.6 is 0 Å². The lowest BCUT2D eigenvalue weighted by atomic mass is 9.90. The fraction of sp³-hybridized carbons (Fsp3) is 0.367. The minimum Gasteiger partial charge on any atom is -0.356 e. The zero-order chi connectivity index (χ0) is 24.4. The molecule has 0 saturated carbocycles. The summed E-state index contributed by atoms with van der Waals surface area (Å²) in [4.78, 5) is 12.4. The van der Waals surface area contributed by atoms with E-state index in [1.807, 2.05) is 10.9 Å². The summed E-state index contributed by atoms with van der Waals surface area (Å²) in [5, 5.41) is 19.4. The Balaban J connectivity index is 1.10. The van der Waals surface area contributed by atoms with Gasteiger partial charge in [0.1, 0.15) is 0 Å². The van der Waals surface area contributed by atoms with E-state index < -0.39 is 0 Å². The van der Waals surface area contributed by atoms with Crippen LogP contribution in [0, 0.1) is 0 Å². The van der Waals surface area contributed by atoms with Crippen molar-refractivity contribution >= 4 is 38.2 Å². The Kier molecular flexibility index (Phi) is 6.42. The molecule has 0 saturated heterocycles. The monoisotopic (exact) mass is 466 g/mol. The van der Waals surface area contributed by atoms with Gasteiger partial charge in [-0.2, -0.15) is 0 Å². The highest BCUT2D eigenvalue weighted by Gasteiger charge is 2.17. The van der Waals surface area contributed by atoms with Crippen LogP contribution in [0.5, 0.6) is 0 Å². The number of rotatable bonds is 9. The summed E-state index contributed by atoms with van der Waals surface area (Å²) in [6, 6.07) is 19.9. The van der Waals surface area contributed by atoms with Crippen LogP contribution in [0.15, 0.2) is 60.8 Å². The van der Waals surface area contributed by atoms with Gasteiger partial charge in [-0.1, -0.05) is 80.6 Å². The average Bonchev–Trinajstić information content (AvgIpc) is 3.33. The van der Waals surface area contributed by atoms with Gasteiger partial charge in [0, 0.05) is 31.1 Å². The Hall–Kier alpha value is -3.47. The van der Waals surface area contributed by atoms with Gasteiger partial charge in [0.2, 0.25) is 5.91 Å². The van der Waals surface area contributed by atoms with Crippen molar-refractivity contribution in [3.05, 3.63) is 72.1 Å². The number of unbranched alkanes of at least 4 members (excludes halogenated alkanes) is 1. The molecule has 4 aromatic carbocycles. The van der Waals surface area contributed by atoms with Crippen molar-refractivity contribution in [2.75, 3.05) is 6.54 Å². The van der Waals surface area contributed by atoms with Crippen molar-refractivity contribution in [2.24, 2.45) is 0 Å². The van der Waals surface area contributed by atoms with E-state index in [0.29, 0.717) is 13.0 Å². The number of hydrogen-bond acceptors (Lipinski definition) is 3. The summed E-state index contributed by atoms with van der Waals surface area (Å²) < 4.78 is 1.90. The maximum Gasteiger partial charge on any atom is 0.220 e. The topological polar surface area (TPSA) is 59.8 Å². The molecular formula is C30H34N4O. The van der Waals surface area contributed by atoms with Crippen LogP contribution in [-0.4, -0.2) is 27.4 Å². The van der Waals surface area contributed by atoms with E-state index in [0.717, 1.165) is 37.9 Å². The number of nitrogens with one attached hydrogen (secondary N) is 1. The van der Waals surface area contributed by atoms with E-state index in [1.165, 1.54) is 37.9 Å². The number of carbonyl (C=O) groups excluding carboxylic acids is 1. The standard InChI is InChI=1S/C30H34N4O/c1-30(2,3)26-20-34(33-32-26)19-5-4-18-31-27(35)11-7-8-21-12-13-24-15-14-22-9-6-10-23-16-17-25(21)29(24)28(22)23/h6,9-10,12-17,20H,4-5,7-8,11,18-19H2,1-3H3,(H,31,35). The number of hydrogen-bond donors (Lipinski definition) is 1. The minimum absolute atomic E-state index is 0.0177. The van der Waals surface area contributed by atoms with Crippen molar-refractivity contribution < 1.29 is 4.79 Å². The van der Waals surface area contributed by atoms with Crippen LogP contribution in [0.1, 0.15) is 57.7 Å². The highest BCUT2D eigenvalue weighted by molar-refractivity contribution is 6.23. The van der Waals surface area contributed by atoms with E-state index in [9.17, 15) is 4.79 Å². The van der Waals surface area contributed by atoms with E-state index in [1.54, 1.807) is 0 Å². The van der Waals surface area contributed by atoms with Gasteiger partial charge in [-0.3, -0.25) is 9.48 Å². The Bertz CT molecular complexity index is 1440. The average molecular weight is 467 g/mol. The molecule has 5 rings (SSSR count). The van der Waals surface area contributed by atoms with Crippen LogP contribution in [0.25, 0.3) is 32.3 Å². The van der Waals surface area contributed by atoms with E-state index >= 15 is 0 Å². The molecule has 0 fully saturated rings. The summed E-state index contributed by atoms with van der Waals surface area (Å²) in [6.07, 6.45) is 6.24. The second-order valence-corrected chi connectivity index (χ2v) is 10.6. The van der Waals surface area contributed by atoms with Crippen LogP contribution in [-0.2, 0) is 23.2 Å². The van der Waals surface area contributed by atoms with E-state index in [-0.39, 0.29) is 11.3 Å².